The number of piperazine rings is 2. The van der Waals surface area contributed by atoms with Crippen molar-refractivity contribution in [3.63, 3.8) is 0 Å². The molecule has 0 unspecified atom stereocenters. The summed E-state index contributed by atoms with van der Waals surface area (Å²) in [5.41, 5.74) is 3.51. The second-order valence-electron chi connectivity index (χ2n) is 10.1. The molecule has 2 fully saturated rings. The number of halogens is 2. The molecule has 0 atom stereocenters. The van der Waals surface area contributed by atoms with E-state index in [1.165, 1.54) is 47.0 Å². The highest BCUT2D eigenvalue weighted by Crippen LogP contribution is 2.33. The van der Waals surface area contributed by atoms with E-state index in [0.29, 0.717) is 0 Å². The van der Waals surface area contributed by atoms with Crippen molar-refractivity contribution >= 4 is 56.3 Å². The van der Waals surface area contributed by atoms with Crippen molar-refractivity contribution < 1.29 is 0 Å². The van der Waals surface area contributed by atoms with Crippen molar-refractivity contribution in [3.8, 4) is 0 Å². The lowest BCUT2D eigenvalue weighted by atomic mass is 10.1. The van der Waals surface area contributed by atoms with Crippen LogP contribution in [-0.2, 0) is 0 Å². The summed E-state index contributed by atoms with van der Waals surface area (Å²) in [4.78, 5) is 14.7. The maximum atomic E-state index is 6.58. The van der Waals surface area contributed by atoms with Crippen LogP contribution in [-0.4, -0.2) is 80.2 Å². The quantitative estimate of drug-likeness (QED) is 0.301. The van der Waals surface area contributed by atoms with Gasteiger partial charge in [-0.3, -0.25) is 14.8 Å². The number of hydrogen-bond donors (Lipinski definition) is 0. The predicted octanol–water partition coefficient (Wildman–Crippen LogP) is 6.03. The van der Waals surface area contributed by atoms with Gasteiger partial charge in [-0.1, -0.05) is 47.5 Å². The van der Waals surface area contributed by atoms with Crippen molar-refractivity contribution in [3.05, 3.63) is 76.9 Å². The number of nitrogens with zero attached hydrogens (tertiary/aromatic N) is 5. The third-order valence-corrected chi connectivity index (χ3v) is 8.44. The van der Waals surface area contributed by atoms with Crippen LogP contribution in [0.3, 0.4) is 0 Å². The van der Waals surface area contributed by atoms with E-state index in [4.69, 9.17) is 23.2 Å². The molecule has 4 aromatic rings. The lowest BCUT2D eigenvalue weighted by Crippen LogP contribution is -2.48. The lowest BCUT2D eigenvalue weighted by molar-refractivity contribution is 0.213. The summed E-state index contributed by atoms with van der Waals surface area (Å²) in [5, 5.41) is 5.17. The second kappa shape index (κ2) is 11.0. The first-order chi connectivity index (χ1) is 18.2. The highest BCUT2D eigenvalue weighted by molar-refractivity contribution is 6.36. The van der Waals surface area contributed by atoms with Crippen molar-refractivity contribution in [2.75, 3.05) is 75.2 Å². The SMILES string of the molecule is Clc1ccc2c(N3CCN(CCCN4CCN(c5cccc6cccc(Cl)c56)CC4)CC3)ccnc2c1. The summed E-state index contributed by atoms with van der Waals surface area (Å²) < 4.78 is 0. The molecule has 0 N–H and O–H groups in total. The first kappa shape index (κ1) is 24.7. The highest BCUT2D eigenvalue weighted by Gasteiger charge is 2.21. The predicted molar refractivity (Wildman–Crippen MR) is 158 cm³/mol. The molecule has 0 amide bonds. The maximum Gasteiger partial charge on any atom is 0.0737 e. The summed E-state index contributed by atoms with van der Waals surface area (Å²) in [5.74, 6) is 0. The topological polar surface area (TPSA) is 25.9 Å². The molecule has 5 nitrogen and oxygen atoms in total. The average Bonchev–Trinajstić information content (AvgIpc) is 2.93. The van der Waals surface area contributed by atoms with Crippen LogP contribution in [0, 0.1) is 0 Å². The lowest BCUT2D eigenvalue weighted by Gasteiger charge is -2.38. The van der Waals surface area contributed by atoms with Gasteiger partial charge >= 0.3 is 0 Å². The Hall–Kier alpha value is -2.57. The molecule has 192 valence electrons. The van der Waals surface area contributed by atoms with E-state index in [2.05, 4.69) is 61.0 Å². The molecule has 0 saturated carbocycles. The van der Waals surface area contributed by atoms with E-state index < -0.39 is 0 Å². The zero-order valence-corrected chi connectivity index (χ0v) is 22.6. The number of anilines is 2. The van der Waals surface area contributed by atoms with Gasteiger partial charge in [0.2, 0.25) is 0 Å². The molecule has 6 rings (SSSR count). The number of fused-ring (bicyclic) bond motifs is 2. The second-order valence-corrected chi connectivity index (χ2v) is 11.0. The molecule has 7 heteroatoms. The fourth-order valence-corrected chi connectivity index (χ4v) is 6.31. The highest BCUT2D eigenvalue weighted by atomic mass is 35.5. The zero-order valence-electron chi connectivity index (χ0n) is 21.1. The summed E-state index contributed by atoms with van der Waals surface area (Å²) in [6.45, 7) is 10.9. The van der Waals surface area contributed by atoms with Gasteiger partial charge in [-0.15, -0.1) is 0 Å². The van der Waals surface area contributed by atoms with Crippen LogP contribution in [0.5, 0.6) is 0 Å². The standard InChI is InChI=1S/C30H33Cl2N5/c31-24-8-9-25-27(22-24)33-11-10-28(25)36-18-14-34(15-19-36)12-3-13-35-16-20-37(21-17-35)29-7-2-5-23-4-1-6-26(32)30(23)29/h1-2,4-11,22H,3,12-21H2. The Morgan fingerprint density at radius 3 is 2.03 bits per heavy atom. The van der Waals surface area contributed by atoms with Gasteiger partial charge in [0.15, 0.2) is 0 Å². The molecule has 0 radical (unpaired) electrons. The van der Waals surface area contributed by atoms with Crippen LogP contribution in [0.15, 0.2) is 66.9 Å². The van der Waals surface area contributed by atoms with Crippen LogP contribution in [0.4, 0.5) is 11.4 Å². The van der Waals surface area contributed by atoms with Gasteiger partial charge in [0.05, 0.1) is 10.5 Å². The third kappa shape index (κ3) is 5.37. The summed E-state index contributed by atoms with van der Waals surface area (Å²) in [7, 11) is 0. The molecule has 2 aliphatic rings. The van der Waals surface area contributed by atoms with Crippen LogP contribution >= 0.6 is 23.2 Å². The monoisotopic (exact) mass is 533 g/mol. The number of aromatic nitrogens is 1. The van der Waals surface area contributed by atoms with E-state index in [0.717, 1.165) is 67.9 Å². The van der Waals surface area contributed by atoms with Crippen LogP contribution in [0.1, 0.15) is 6.42 Å². The first-order valence-corrected chi connectivity index (χ1v) is 14.1. The van der Waals surface area contributed by atoms with Gasteiger partial charge in [-0.2, -0.15) is 0 Å². The minimum Gasteiger partial charge on any atom is -0.368 e. The summed E-state index contributed by atoms with van der Waals surface area (Å²) in [6.07, 6.45) is 3.12. The molecule has 37 heavy (non-hydrogen) atoms. The van der Waals surface area contributed by atoms with Crippen molar-refractivity contribution in [2.24, 2.45) is 0 Å². The Bertz CT molecular complexity index is 1370. The van der Waals surface area contributed by atoms with Crippen LogP contribution in [0.25, 0.3) is 21.7 Å². The van der Waals surface area contributed by atoms with E-state index >= 15 is 0 Å². The molecule has 2 aliphatic heterocycles. The van der Waals surface area contributed by atoms with Crippen molar-refractivity contribution in [2.45, 2.75) is 6.42 Å². The number of hydrogen-bond acceptors (Lipinski definition) is 5. The van der Waals surface area contributed by atoms with Crippen LogP contribution in [0.2, 0.25) is 10.0 Å². The largest absolute Gasteiger partial charge is 0.368 e. The maximum absolute atomic E-state index is 6.58. The minimum absolute atomic E-state index is 0.737. The Labute approximate surface area is 229 Å². The normalized spacial score (nSPS) is 17.7. The summed E-state index contributed by atoms with van der Waals surface area (Å²) in [6, 6.07) is 20.8. The van der Waals surface area contributed by atoms with Gasteiger partial charge in [-0.25, -0.2) is 0 Å². The molecule has 1 aromatic heterocycles. The Morgan fingerprint density at radius 2 is 1.32 bits per heavy atom. The van der Waals surface area contributed by atoms with Crippen molar-refractivity contribution in [1.29, 1.82) is 0 Å². The number of rotatable bonds is 6. The summed E-state index contributed by atoms with van der Waals surface area (Å²) >= 11 is 12.7. The van der Waals surface area contributed by atoms with E-state index in [1.54, 1.807) is 0 Å². The van der Waals surface area contributed by atoms with Crippen molar-refractivity contribution in [1.82, 2.24) is 14.8 Å². The molecule has 0 aliphatic carbocycles. The van der Waals surface area contributed by atoms with E-state index in [9.17, 15) is 0 Å². The van der Waals surface area contributed by atoms with Crippen LogP contribution < -0.4 is 9.80 Å². The van der Waals surface area contributed by atoms with Gasteiger partial charge < -0.3 is 9.80 Å². The zero-order chi connectivity index (χ0) is 25.2. The Balaban J connectivity index is 0.971. The Morgan fingerprint density at radius 1 is 0.676 bits per heavy atom. The fourth-order valence-electron chi connectivity index (χ4n) is 5.86. The molecule has 0 spiro atoms. The average molecular weight is 535 g/mol. The first-order valence-electron chi connectivity index (χ1n) is 13.3. The minimum atomic E-state index is 0.737. The molecule has 3 aromatic carbocycles. The molecule has 3 heterocycles. The van der Waals surface area contributed by atoms with Gasteiger partial charge in [-0.05, 0) is 61.3 Å². The third-order valence-electron chi connectivity index (χ3n) is 7.89. The number of pyridine rings is 1. The fraction of sp³-hybridized carbons (Fsp3) is 0.367. The van der Waals surface area contributed by atoms with Gasteiger partial charge in [0.25, 0.3) is 0 Å². The number of benzene rings is 3. The Kier molecular flexibility index (Phi) is 7.39. The molecule has 2 saturated heterocycles. The molecule has 0 bridgehead atoms. The molecular weight excluding hydrogens is 501 g/mol. The van der Waals surface area contributed by atoms with Gasteiger partial charge in [0.1, 0.15) is 0 Å². The van der Waals surface area contributed by atoms with E-state index in [1.807, 2.05) is 30.5 Å². The van der Waals surface area contributed by atoms with E-state index in [-0.39, 0.29) is 0 Å². The smallest absolute Gasteiger partial charge is 0.0737 e. The molecular formula is C30H33Cl2N5. The van der Waals surface area contributed by atoms with Gasteiger partial charge in [0, 0.05) is 85.7 Å².